The summed E-state index contributed by atoms with van der Waals surface area (Å²) in [6.45, 7) is 2.03. The highest BCUT2D eigenvalue weighted by Gasteiger charge is 2.35. The van der Waals surface area contributed by atoms with Gasteiger partial charge >= 0.3 is 0 Å². The lowest BCUT2D eigenvalue weighted by atomic mass is 10.1. The largest absolute Gasteiger partial charge is 0.444 e. The first kappa shape index (κ1) is 11.6. The highest BCUT2D eigenvalue weighted by Crippen LogP contribution is 2.24. The van der Waals surface area contributed by atoms with Gasteiger partial charge in [-0.2, -0.15) is 0 Å². The normalized spacial score (nSPS) is 14.1. The van der Waals surface area contributed by atoms with Crippen LogP contribution in [0.15, 0.2) is 34.9 Å². The van der Waals surface area contributed by atoms with E-state index < -0.39 is 0 Å². The minimum atomic E-state index is -0.295. The lowest BCUT2D eigenvalue weighted by Crippen LogP contribution is -2.29. The van der Waals surface area contributed by atoms with Crippen LogP contribution in [0.3, 0.4) is 0 Å². The number of oxazole rings is 1. The van der Waals surface area contributed by atoms with Crippen molar-refractivity contribution >= 4 is 11.8 Å². The van der Waals surface area contributed by atoms with Gasteiger partial charge in [-0.1, -0.05) is 19.1 Å². The monoisotopic (exact) mass is 256 g/mol. The Hall–Kier alpha value is -2.43. The van der Waals surface area contributed by atoms with Crippen molar-refractivity contribution in [2.45, 2.75) is 19.9 Å². The van der Waals surface area contributed by atoms with Gasteiger partial charge in [0.15, 0.2) is 0 Å². The first-order valence-electron chi connectivity index (χ1n) is 6.09. The predicted molar refractivity (Wildman–Crippen MR) is 66.5 cm³/mol. The van der Waals surface area contributed by atoms with Gasteiger partial charge in [0.1, 0.15) is 12.3 Å². The Kier molecular flexibility index (Phi) is 2.67. The molecule has 0 unspecified atom stereocenters. The van der Waals surface area contributed by atoms with E-state index >= 15 is 0 Å². The van der Waals surface area contributed by atoms with Crippen LogP contribution in [0.5, 0.6) is 0 Å². The second kappa shape index (κ2) is 4.35. The molecule has 1 aliphatic heterocycles. The number of hydrogen-bond acceptors (Lipinski definition) is 4. The number of hydrogen-bond donors (Lipinski definition) is 0. The summed E-state index contributed by atoms with van der Waals surface area (Å²) < 4.78 is 5.43. The first-order chi connectivity index (χ1) is 9.20. The number of benzene rings is 1. The van der Waals surface area contributed by atoms with Crippen LogP contribution in [0.1, 0.15) is 39.3 Å². The van der Waals surface area contributed by atoms with Crippen LogP contribution in [0.4, 0.5) is 0 Å². The third-order valence-electron chi connectivity index (χ3n) is 3.12. The van der Waals surface area contributed by atoms with Crippen molar-refractivity contribution in [1.29, 1.82) is 0 Å². The maximum atomic E-state index is 12.1. The fraction of sp³-hybridized carbons (Fsp3) is 0.214. The molecule has 5 nitrogen and oxygen atoms in total. The molecule has 1 aromatic heterocycles. The van der Waals surface area contributed by atoms with Crippen molar-refractivity contribution in [2.75, 3.05) is 0 Å². The van der Waals surface area contributed by atoms with E-state index in [-0.39, 0.29) is 18.4 Å². The molecule has 2 aromatic rings. The molecular weight excluding hydrogens is 244 g/mol. The number of aryl methyl sites for hydroxylation is 1. The van der Waals surface area contributed by atoms with Gasteiger partial charge in [0, 0.05) is 6.42 Å². The summed E-state index contributed by atoms with van der Waals surface area (Å²) in [6.07, 6.45) is 2.35. The van der Waals surface area contributed by atoms with Crippen molar-refractivity contribution in [3.8, 4) is 0 Å². The Bertz CT molecular complexity index is 625. The summed E-state index contributed by atoms with van der Waals surface area (Å²) in [5.41, 5.74) is 0.879. The van der Waals surface area contributed by atoms with Gasteiger partial charge < -0.3 is 4.42 Å². The first-order valence-corrected chi connectivity index (χ1v) is 6.09. The SMILES string of the molecule is CCc1cnc(CN2C(=O)c3ccccc3C2=O)o1. The number of carbonyl (C=O) groups excluding carboxylic acids is 2. The van der Waals surface area contributed by atoms with E-state index in [0.29, 0.717) is 17.0 Å². The average molecular weight is 256 g/mol. The van der Waals surface area contributed by atoms with Gasteiger partial charge in [-0.25, -0.2) is 4.98 Å². The van der Waals surface area contributed by atoms with Crippen molar-refractivity contribution in [3.63, 3.8) is 0 Å². The van der Waals surface area contributed by atoms with E-state index in [9.17, 15) is 9.59 Å². The lowest BCUT2D eigenvalue weighted by molar-refractivity contribution is 0.0628. The highest BCUT2D eigenvalue weighted by molar-refractivity contribution is 6.21. The lowest BCUT2D eigenvalue weighted by Gasteiger charge is -2.10. The van der Waals surface area contributed by atoms with Crippen LogP contribution in [0.2, 0.25) is 0 Å². The molecule has 0 bridgehead atoms. The third kappa shape index (κ3) is 1.83. The molecule has 2 amide bonds. The number of amides is 2. The molecule has 5 heteroatoms. The van der Waals surface area contributed by atoms with Crippen molar-refractivity contribution < 1.29 is 14.0 Å². The van der Waals surface area contributed by atoms with Gasteiger partial charge in [-0.3, -0.25) is 14.5 Å². The molecule has 1 aromatic carbocycles. The Morgan fingerprint density at radius 3 is 2.32 bits per heavy atom. The summed E-state index contributed by atoms with van der Waals surface area (Å²) in [5.74, 6) is 0.534. The number of nitrogens with zero attached hydrogens (tertiary/aromatic N) is 2. The van der Waals surface area contributed by atoms with Crippen LogP contribution in [0.25, 0.3) is 0 Å². The van der Waals surface area contributed by atoms with Crippen LogP contribution >= 0.6 is 0 Å². The van der Waals surface area contributed by atoms with E-state index in [1.54, 1.807) is 30.5 Å². The topological polar surface area (TPSA) is 63.4 Å². The minimum absolute atomic E-state index is 0.0757. The molecule has 1 aliphatic rings. The van der Waals surface area contributed by atoms with Crippen molar-refractivity contribution in [1.82, 2.24) is 9.88 Å². The molecule has 2 heterocycles. The summed E-state index contributed by atoms with van der Waals surface area (Å²) >= 11 is 0. The van der Waals surface area contributed by atoms with Gasteiger partial charge in [-0.05, 0) is 12.1 Å². The summed E-state index contributed by atoms with van der Waals surface area (Å²) in [7, 11) is 0. The van der Waals surface area contributed by atoms with Gasteiger partial charge in [-0.15, -0.1) is 0 Å². The molecule has 0 spiro atoms. The second-order valence-corrected chi connectivity index (χ2v) is 4.32. The summed E-state index contributed by atoms with van der Waals surface area (Å²) in [6, 6.07) is 6.80. The number of aromatic nitrogens is 1. The van der Waals surface area contributed by atoms with Crippen molar-refractivity contribution in [3.05, 3.63) is 53.2 Å². The van der Waals surface area contributed by atoms with Gasteiger partial charge in [0.05, 0.1) is 17.3 Å². The standard InChI is InChI=1S/C14H12N2O3/c1-2-9-7-15-12(19-9)8-16-13(17)10-5-3-4-6-11(10)14(16)18/h3-7H,2,8H2,1H3. The molecule has 0 aliphatic carbocycles. The Morgan fingerprint density at radius 2 is 1.79 bits per heavy atom. The molecule has 19 heavy (non-hydrogen) atoms. The van der Waals surface area contributed by atoms with E-state index in [1.165, 1.54) is 0 Å². The van der Waals surface area contributed by atoms with Gasteiger partial charge in [0.25, 0.3) is 11.8 Å². The minimum Gasteiger partial charge on any atom is -0.444 e. The maximum Gasteiger partial charge on any atom is 0.262 e. The summed E-state index contributed by atoms with van der Waals surface area (Å²) in [4.78, 5) is 29.5. The predicted octanol–water partition coefficient (Wildman–Crippen LogP) is 2.03. The molecule has 96 valence electrons. The molecule has 0 N–H and O–H groups in total. The Balaban J connectivity index is 1.88. The zero-order chi connectivity index (χ0) is 13.4. The summed E-state index contributed by atoms with van der Waals surface area (Å²) in [5, 5.41) is 0. The van der Waals surface area contributed by atoms with Crippen LogP contribution in [0, 0.1) is 0 Å². The van der Waals surface area contributed by atoms with Crippen LogP contribution in [-0.4, -0.2) is 21.7 Å². The van der Waals surface area contributed by atoms with E-state index in [4.69, 9.17) is 4.42 Å². The molecule has 0 fully saturated rings. The van der Waals surface area contributed by atoms with Gasteiger partial charge in [0.2, 0.25) is 5.89 Å². The van der Waals surface area contributed by atoms with E-state index in [2.05, 4.69) is 4.98 Å². The fourth-order valence-corrected chi connectivity index (χ4v) is 2.10. The smallest absolute Gasteiger partial charge is 0.262 e. The third-order valence-corrected chi connectivity index (χ3v) is 3.12. The molecule has 0 radical (unpaired) electrons. The van der Waals surface area contributed by atoms with Crippen LogP contribution in [-0.2, 0) is 13.0 Å². The fourth-order valence-electron chi connectivity index (χ4n) is 2.10. The molecule has 0 atom stereocenters. The number of rotatable bonds is 3. The molecular formula is C14H12N2O3. The number of fused-ring (bicyclic) bond motifs is 1. The maximum absolute atomic E-state index is 12.1. The number of carbonyl (C=O) groups is 2. The molecule has 0 saturated heterocycles. The van der Waals surface area contributed by atoms with E-state index in [1.807, 2.05) is 6.92 Å². The van der Waals surface area contributed by atoms with E-state index in [0.717, 1.165) is 17.1 Å². The quantitative estimate of drug-likeness (QED) is 0.788. The van der Waals surface area contributed by atoms with Crippen molar-refractivity contribution in [2.24, 2.45) is 0 Å². The zero-order valence-corrected chi connectivity index (χ0v) is 10.4. The number of imide groups is 1. The zero-order valence-electron chi connectivity index (χ0n) is 10.4. The second-order valence-electron chi connectivity index (χ2n) is 4.32. The molecule has 3 rings (SSSR count). The highest BCUT2D eigenvalue weighted by atomic mass is 16.4. The Morgan fingerprint density at radius 1 is 1.16 bits per heavy atom. The average Bonchev–Trinajstić information content (AvgIpc) is 2.99. The Labute approximate surface area is 109 Å². The molecule has 0 saturated carbocycles. The van der Waals surface area contributed by atoms with Crippen LogP contribution < -0.4 is 0 Å².